The maximum Gasteiger partial charge on any atom is 0.258 e. The van der Waals surface area contributed by atoms with Gasteiger partial charge in [-0.15, -0.1) is 0 Å². The lowest BCUT2D eigenvalue weighted by Crippen LogP contribution is -2.43. The molecule has 1 aliphatic carbocycles. The number of aromatic nitrogens is 3. The minimum atomic E-state index is -3.06. The number of pyridine rings is 1. The van der Waals surface area contributed by atoms with Crippen molar-refractivity contribution in [1.82, 2.24) is 19.4 Å². The molecular formula is C16H21N5O3S. The molecule has 2 fully saturated rings. The lowest BCUT2D eigenvalue weighted by Gasteiger charge is -2.32. The molecule has 8 nitrogen and oxygen atoms in total. The lowest BCUT2D eigenvalue weighted by molar-refractivity contribution is 0.329. The zero-order valence-electron chi connectivity index (χ0n) is 14.1. The molecule has 4 rings (SSSR count). The summed E-state index contributed by atoms with van der Waals surface area (Å²) in [6.07, 6.45) is 4.87. The summed E-state index contributed by atoms with van der Waals surface area (Å²) < 4.78 is 31.4. The van der Waals surface area contributed by atoms with Crippen molar-refractivity contribution in [3.8, 4) is 11.5 Å². The van der Waals surface area contributed by atoms with Crippen LogP contribution in [0.2, 0.25) is 0 Å². The van der Waals surface area contributed by atoms with Crippen LogP contribution in [0.25, 0.3) is 11.5 Å². The standard InChI is InChI=1S/C16H21N5O3S/c1-11-18-16(24-20-11)12-4-7-17-15(10-12)19-13-5-8-21(9-6-13)25(22,23)14-2-3-14/h4,7,10,13-14H,2-3,5-6,8-9H2,1H3,(H,17,19). The first kappa shape index (κ1) is 16.5. The number of hydrogen-bond acceptors (Lipinski definition) is 7. The van der Waals surface area contributed by atoms with E-state index >= 15 is 0 Å². The van der Waals surface area contributed by atoms with Gasteiger partial charge in [0.15, 0.2) is 5.82 Å². The van der Waals surface area contributed by atoms with E-state index in [1.165, 1.54) is 0 Å². The average molecular weight is 363 g/mol. The third-order valence-corrected chi connectivity index (χ3v) is 7.04. The molecule has 0 radical (unpaired) electrons. The van der Waals surface area contributed by atoms with Crippen LogP contribution in [0.5, 0.6) is 0 Å². The molecule has 1 saturated carbocycles. The SMILES string of the molecule is Cc1noc(-c2ccnc(NC3CCN(S(=O)(=O)C4CC4)CC3)c2)n1. The summed E-state index contributed by atoms with van der Waals surface area (Å²) >= 11 is 0. The fraction of sp³-hybridized carbons (Fsp3) is 0.562. The van der Waals surface area contributed by atoms with E-state index in [4.69, 9.17) is 4.52 Å². The van der Waals surface area contributed by atoms with E-state index in [2.05, 4.69) is 20.4 Å². The second-order valence-electron chi connectivity index (χ2n) is 6.64. The highest BCUT2D eigenvalue weighted by molar-refractivity contribution is 7.90. The van der Waals surface area contributed by atoms with Crippen molar-refractivity contribution in [2.75, 3.05) is 18.4 Å². The minimum absolute atomic E-state index is 0.131. The average Bonchev–Trinajstić information content (AvgIpc) is 3.38. The van der Waals surface area contributed by atoms with Gasteiger partial charge >= 0.3 is 0 Å². The molecule has 2 aromatic rings. The fourth-order valence-corrected chi connectivity index (χ4v) is 4.97. The van der Waals surface area contributed by atoms with Crippen LogP contribution in [0.3, 0.4) is 0 Å². The van der Waals surface area contributed by atoms with Crippen LogP contribution in [-0.4, -0.2) is 52.2 Å². The van der Waals surface area contributed by atoms with Crippen molar-refractivity contribution < 1.29 is 12.9 Å². The number of hydrogen-bond donors (Lipinski definition) is 1. The van der Waals surface area contributed by atoms with E-state index in [1.807, 2.05) is 12.1 Å². The molecule has 134 valence electrons. The van der Waals surface area contributed by atoms with Crippen LogP contribution in [0, 0.1) is 6.92 Å². The normalized spacial score (nSPS) is 19.9. The Morgan fingerprint density at radius 1 is 1.24 bits per heavy atom. The lowest BCUT2D eigenvalue weighted by atomic mass is 10.1. The smallest absolute Gasteiger partial charge is 0.258 e. The summed E-state index contributed by atoms with van der Waals surface area (Å²) in [6, 6.07) is 3.90. The Labute approximate surface area is 146 Å². The molecule has 0 spiro atoms. The van der Waals surface area contributed by atoms with Gasteiger partial charge in [0.25, 0.3) is 5.89 Å². The largest absolute Gasteiger partial charge is 0.367 e. The van der Waals surface area contributed by atoms with E-state index < -0.39 is 10.0 Å². The second-order valence-corrected chi connectivity index (χ2v) is 8.85. The van der Waals surface area contributed by atoms with Crippen LogP contribution in [0.1, 0.15) is 31.5 Å². The first-order valence-corrected chi connectivity index (χ1v) is 10.0. The maximum atomic E-state index is 12.3. The van der Waals surface area contributed by atoms with Crippen molar-refractivity contribution in [2.24, 2.45) is 0 Å². The summed E-state index contributed by atoms with van der Waals surface area (Å²) in [5.74, 6) is 1.79. The van der Waals surface area contributed by atoms with Gasteiger partial charge in [-0.2, -0.15) is 4.98 Å². The van der Waals surface area contributed by atoms with Gasteiger partial charge in [-0.3, -0.25) is 0 Å². The minimum Gasteiger partial charge on any atom is -0.367 e. The molecule has 1 N–H and O–H groups in total. The molecule has 9 heteroatoms. The summed E-state index contributed by atoms with van der Waals surface area (Å²) in [4.78, 5) is 8.56. The Morgan fingerprint density at radius 2 is 2.00 bits per heavy atom. The molecule has 1 saturated heterocycles. The van der Waals surface area contributed by atoms with Crippen molar-refractivity contribution >= 4 is 15.8 Å². The van der Waals surface area contributed by atoms with Gasteiger partial charge in [-0.05, 0) is 44.7 Å². The first-order valence-electron chi connectivity index (χ1n) is 8.54. The zero-order chi connectivity index (χ0) is 17.4. The van der Waals surface area contributed by atoms with Crippen molar-refractivity contribution in [2.45, 2.75) is 43.9 Å². The number of nitrogens with one attached hydrogen (secondary N) is 1. The first-order chi connectivity index (χ1) is 12.0. The monoisotopic (exact) mass is 363 g/mol. The molecule has 0 aromatic carbocycles. The van der Waals surface area contributed by atoms with Gasteiger partial charge in [-0.25, -0.2) is 17.7 Å². The maximum absolute atomic E-state index is 12.3. The Kier molecular flexibility index (Phi) is 4.20. The molecule has 0 atom stereocenters. The Balaban J connectivity index is 1.39. The van der Waals surface area contributed by atoms with E-state index in [1.54, 1.807) is 17.4 Å². The third kappa shape index (κ3) is 3.52. The van der Waals surface area contributed by atoms with Gasteiger partial charge < -0.3 is 9.84 Å². The van der Waals surface area contributed by atoms with Gasteiger partial charge in [0.1, 0.15) is 5.82 Å². The van der Waals surface area contributed by atoms with Crippen LogP contribution < -0.4 is 5.32 Å². The molecular weight excluding hydrogens is 342 g/mol. The Hall–Kier alpha value is -2.00. The molecule has 0 bridgehead atoms. The summed E-state index contributed by atoms with van der Waals surface area (Å²) in [7, 11) is -3.06. The van der Waals surface area contributed by atoms with E-state index in [0.29, 0.717) is 24.8 Å². The molecule has 1 aliphatic heterocycles. The van der Waals surface area contributed by atoms with E-state index in [-0.39, 0.29) is 11.3 Å². The van der Waals surface area contributed by atoms with E-state index in [9.17, 15) is 8.42 Å². The van der Waals surface area contributed by atoms with Crippen LogP contribution in [0.15, 0.2) is 22.9 Å². The molecule has 2 aromatic heterocycles. The Bertz CT molecular complexity index is 854. The topological polar surface area (TPSA) is 101 Å². The van der Waals surface area contributed by atoms with Crippen LogP contribution in [0.4, 0.5) is 5.82 Å². The fourth-order valence-electron chi connectivity index (χ4n) is 3.10. The van der Waals surface area contributed by atoms with Crippen molar-refractivity contribution in [3.05, 3.63) is 24.2 Å². The number of sulfonamides is 1. The van der Waals surface area contributed by atoms with Gasteiger partial charge in [0.2, 0.25) is 10.0 Å². The van der Waals surface area contributed by atoms with Crippen LogP contribution in [-0.2, 0) is 10.0 Å². The second kappa shape index (κ2) is 6.38. The summed E-state index contributed by atoms with van der Waals surface area (Å²) in [5.41, 5.74) is 0.812. The molecule has 0 unspecified atom stereocenters. The molecule has 0 amide bonds. The number of nitrogens with zero attached hydrogens (tertiary/aromatic N) is 4. The van der Waals surface area contributed by atoms with Gasteiger partial charge in [0, 0.05) is 30.9 Å². The van der Waals surface area contributed by atoms with Crippen molar-refractivity contribution in [3.63, 3.8) is 0 Å². The molecule has 2 aliphatic rings. The summed E-state index contributed by atoms with van der Waals surface area (Å²) in [6.45, 7) is 2.91. The molecule has 3 heterocycles. The predicted molar refractivity (Wildman–Crippen MR) is 92.4 cm³/mol. The number of rotatable bonds is 5. The predicted octanol–water partition coefficient (Wildman–Crippen LogP) is 1.81. The highest BCUT2D eigenvalue weighted by Crippen LogP contribution is 2.32. The van der Waals surface area contributed by atoms with Gasteiger partial charge in [0.05, 0.1) is 5.25 Å². The van der Waals surface area contributed by atoms with Crippen molar-refractivity contribution in [1.29, 1.82) is 0 Å². The quantitative estimate of drug-likeness (QED) is 0.864. The van der Waals surface area contributed by atoms with E-state index in [0.717, 1.165) is 37.1 Å². The number of piperidine rings is 1. The highest BCUT2D eigenvalue weighted by Gasteiger charge is 2.41. The zero-order valence-corrected chi connectivity index (χ0v) is 14.9. The van der Waals surface area contributed by atoms with Crippen LogP contribution >= 0.6 is 0 Å². The summed E-state index contributed by atoms with van der Waals surface area (Å²) in [5, 5.41) is 7.06. The number of anilines is 1. The third-order valence-electron chi connectivity index (χ3n) is 4.65. The Morgan fingerprint density at radius 3 is 2.64 bits per heavy atom. The highest BCUT2D eigenvalue weighted by atomic mass is 32.2. The van der Waals surface area contributed by atoms with Gasteiger partial charge in [-0.1, -0.05) is 5.16 Å². The number of aryl methyl sites for hydroxylation is 1. The molecule has 25 heavy (non-hydrogen) atoms.